The molecule has 1 fully saturated rings. The van der Waals surface area contributed by atoms with Crippen molar-refractivity contribution >= 4 is 6.03 Å². The number of hydrogen-bond acceptors (Lipinski definition) is 4. The first kappa shape index (κ1) is 18.4. The molecule has 6 nitrogen and oxygen atoms in total. The summed E-state index contributed by atoms with van der Waals surface area (Å²) in [5, 5.41) is 12.6. The van der Waals surface area contributed by atoms with E-state index in [0.717, 1.165) is 29.9 Å². The molecule has 2 rings (SSSR count). The number of β-amino-alcohol motifs (C(OH)–C–C–N with tert-alkyl or cyclic N) is 1. The molecule has 1 aromatic rings. The molecule has 1 saturated heterocycles. The van der Waals surface area contributed by atoms with Gasteiger partial charge in [0.05, 0.1) is 19.3 Å². The zero-order valence-corrected chi connectivity index (χ0v) is 14.6. The summed E-state index contributed by atoms with van der Waals surface area (Å²) >= 11 is 0. The second-order valence-electron chi connectivity index (χ2n) is 5.87. The highest BCUT2D eigenvalue weighted by atomic mass is 16.5. The number of aliphatic hydroxyl groups is 1. The summed E-state index contributed by atoms with van der Waals surface area (Å²) in [5.74, 6) is 1.48. The fourth-order valence-electron chi connectivity index (χ4n) is 2.82. The molecular formula is C18H28N2O4. The molecule has 24 heavy (non-hydrogen) atoms. The predicted molar refractivity (Wildman–Crippen MR) is 92.7 cm³/mol. The number of carbonyl (C=O) groups excluding carboxylic acids is 1. The number of hydrogen-bond donors (Lipinski definition) is 2. The Morgan fingerprint density at radius 3 is 2.75 bits per heavy atom. The third-order valence-electron chi connectivity index (χ3n) is 3.98. The Morgan fingerprint density at radius 1 is 1.29 bits per heavy atom. The van der Waals surface area contributed by atoms with Crippen LogP contribution in [0.25, 0.3) is 0 Å². The zero-order chi connectivity index (χ0) is 17.4. The largest absolute Gasteiger partial charge is 0.490 e. The Morgan fingerprint density at radius 2 is 2.04 bits per heavy atom. The summed E-state index contributed by atoms with van der Waals surface area (Å²) in [6.07, 6.45) is 1.94. The van der Waals surface area contributed by atoms with Crippen molar-refractivity contribution in [1.29, 1.82) is 0 Å². The second-order valence-corrected chi connectivity index (χ2v) is 5.87. The minimum absolute atomic E-state index is 0.107. The average Bonchev–Trinajstić information content (AvgIpc) is 2.57. The Balaban J connectivity index is 1.85. The van der Waals surface area contributed by atoms with Crippen LogP contribution in [0.1, 0.15) is 32.3 Å². The summed E-state index contributed by atoms with van der Waals surface area (Å²) in [6, 6.07) is 5.76. The lowest BCUT2D eigenvalue weighted by Crippen LogP contribution is -2.47. The first-order chi connectivity index (χ1) is 11.6. The molecule has 1 unspecified atom stereocenters. The van der Waals surface area contributed by atoms with Crippen LogP contribution in [-0.4, -0.2) is 55.0 Å². The van der Waals surface area contributed by atoms with E-state index in [9.17, 15) is 9.90 Å². The number of amides is 2. The smallest absolute Gasteiger partial charge is 0.317 e. The maximum atomic E-state index is 12.1. The van der Waals surface area contributed by atoms with Gasteiger partial charge in [-0.3, -0.25) is 0 Å². The van der Waals surface area contributed by atoms with E-state index in [4.69, 9.17) is 9.47 Å². The third-order valence-corrected chi connectivity index (χ3v) is 3.98. The Bertz CT molecular complexity index is 536. The maximum Gasteiger partial charge on any atom is 0.317 e. The number of rotatable bonds is 7. The summed E-state index contributed by atoms with van der Waals surface area (Å²) in [4.78, 5) is 13.8. The standard InChI is InChI=1S/C18H28N2O4/c1-3-23-16-8-7-14(12-17(16)24-4-2)9-10-19-18(22)20-11-5-6-15(21)13-20/h7-8,12,15,21H,3-6,9-11,13H2,1-2H3,(H,19,22). The van der Waals surface area contributed by atoms with Crippen molar-refractivity contribution in [3.05, 3.63) is 23.8 Å². The van der Waals surface area contributed by atoms with Crippen molar-refractivity contribution in [3.8, 4) is 11.5 Å². The molecule has 1 atom stereocenters. The van der Waals surface area contributed by atoms with Gasteiger partial charge >= 0.3 is 6.03 Å². The highest BCUT2D eigenvalue weighted by Crippen LogP contribution is 2.28. The fourth-order valence-corrected chi connectivity index (χ4v) is 2.82. The van der Waals surface area contributed by atoms with E-state index in [-0.39, 0.29) is 6.03 Å². The Labute approximate surface area is 143 Å². The first-order valence-electron chi connectivity index (χ1n) is 8.73. The van der Waals surface area contributed by atoms with E-state index >= 15 is 0 Å². The van der Waals surface area contributed by atoms with Crippen molar-refractivity contribution < 1.29 is 19.4 Å². The molecular weight excluding hydrogens is 308 g/mol. The van der Waals surface area contributed by atoms with Gasteiger partial charge in [-0.15, -0.1) is 0 Å². The fraction of sp³-hybridized carbons (Fsp3) is 0.611. The summed E-state index contributed by atoms with van der Waals surface area (Å²) in [7, 11) is 0. The van der Waals surface area contributed by atoms with Gasteiger partial charge in [0.1, 0.15) is 0 Å². The van der Waals surface area contributed by atoms with Gasteiger partial charge in [0.15, 0.2) is 11.5 Å². The van der Waals surface area contributed by atoms with Crippen molar-refractivity contribution in [2.24, 2.45) is 0 Å². The SMILES string of the molecule is CCOc1ccc(CCNC(=O)N2CCCC(O)C2)cc1OCC. The number of piperidine rings is 1. The molecule has 134 valence electrons. The molecule has 1 aliphatic heterocycles. The average molecular weight is 336 g/mol. The van der Waals surface area contributed by atoms with Gasteiger partial charge in [-0.05, 0) is 50.8 Å². The number of carbonyl (C=O) groups is 1. The van der Waals surface area contributed by atoms with E-state index in [1.807, 2.05) is 32.0 Å². The second kappa shape index (κ2) is 9.37. The van der Waals surface area contributed by atoms with E-state index in [1.165, 1.54) is 0 Å². The maximum absolute atomic E-state index is 12.1. The zero-order valence-electron chi connectivity index (χ0n) is 14.6. The van der Waals surface area contributed by atoms with Crippen LogP contribution >= 0.6 is 0 Å². The third kappa shape index (κ3) is 5.30. The summed E-state index contributed by atoms with van der Waals surface area (Å²) in [6.45, 7) is 6.73. The molecule has 6 heteroatoms. The van der Waals surface area contributed by atoms with Crippen molar-refractivity contribution in [2.75, 3.05) is 32.8 Å². The molecule has 1 heterocycles. The van der Waals surface area contributed by atoms with E-state index in [0.29, 0.717) is 39.3 Å². The molecule has 0 radical (unpaired) electrons. The lowest BCUT2D eigenvalue weighted by atomic mass is 10.1. The lowest BCUT2D eigenvalue weighted by molar-refractivity contribution is 0.0843. The molecule has 2 N–H and O–H groups in total. The van der Waals surface area contributed by atoms with E-state index in [2.05, 4.69) is 5.32 Å². The van der Waals surface area contributed by atoms with E-state index < -0.39 is 6.10 Å². The number of benzene rings is 1. The predicted octanol–water partition coefficient (Wildman–Crippen LogP) is 2.19. The number of urea groups is 1. The molecule has 0 aliphatic carbocycles. The van der Waals surface area contributed by atoms with Crippen LogP contribution in [0.2, 0.25) is 0 Å². The van der Waals surface area contributed by atoms with Gasteiger partial charge in [0.25, 0.3) is 0 Å². The Hall–Kier alpha value is -1.95. The normalized spacial score (nSPS) is 17.5. The Kier molecular flexibility index (Phi) is 7.18. The molecule has 1 aromatic carbocycles. The van der Waals surface area contributed by atoms with Crippen LogP contribution in [0.5, 0.6) is 11.5 Å². The van der Waals surface area contributed by atoms with Gasteiger partial charge in [-0.1, -0.05) is 6.07 Å². The molecule has 0 spiro atoms. The van der Waals surface area contributed by atoms with Crippen molar-refractivity contribution in [1.82, 2.24) is 10.2 Å². The summed E-state index contributed by atoms with van der Waals surface area (Å²) in [5.41, 5.74) is 1.08. The number of likely N-dealkylation sites (tertiary alicyclic amines) is 1. The molecule has 0 aromatic heterocycles. The van der Waals surface area contributed by atoms with E-state index in [1.54, 1.807) is 4.90 Å². The highest BCUT2D eigenvalue weighted by molar-refractivity contribution is 5.74. The molecule has 0 saturated carbocycles. The lowest BCUT2D eigenvalue weighted by Gasteiger charge is -2.30. The summed E-state index contributed by atoms with van der Waals surface area (Å²) < 4.78 is 11.2. The molecule has 1 aliphatic rings. The van der Waals surface area contributed by atoms with Gasteiger partial charge in [-0.25, -0.2) is 4.79 Å². The number of ether oxygens (including phenoxy) is 2. The minimum atomic E-state index is -0.399. The van der Waals surface area contributed by atoms with Crippen molar-refractivity contribution in [2.45, 2.75) is 39.2 Å². The number of nitrogens with one attached hydrogen (secondary N) is 1. The minimum Gasteiger partial charge on any atom is -0.490 e. The monoisotopic (exact) mass is 336 g/mol. The quantitative estimate of drug-likeness (QED) is 0.801. The molecule has 2 amide bonds. The first-order valence-corrected chi connectivity index (χ1v) is 8.73. The van der Waals surface area contributed by atoms with Crippen LogP contribution < -0.4 is 14.8 Å². The van der Waals surface area contributed by atoms with Crippen LogP contribution in [0.3, 0.4) is 0 Å². The highest BCUT2D eigenvalue weighted by Gasteiger charge is 2.21. The van der Waals surface area contributed by atoms with Gasteiger partial charge in [-0.2, -0.15) is 0 Å². The van der Waals surface area contributed by atoms with Gasteiger partial charge < -0.3 is 24.8 Å². The van der Waals surface area contributed by atoms with Crippen LogP contribution in [-0.2, 0) is 6.42 Å². The molecule has 0 bridgehead atoms. The van der Waals surface area contributed by atoms with Crippen LogP contribution in [0.4, 0.5) is 4.79 Å². The van der Waals surface area contributed by atoms with Gasteiger partial charge in [0.2, 0.25) is 0 Å². The van der Waals surface area contributed by atoms with Crippen LogP contribution in [0.15, 0.2) is 18.2 Å². The number of aliphatic hydroxyl groups excluding tert-OH is 1. The van der Waals surface area contributed by atoms with Crippen LogP contribution in [0, 0.1) is 0 Å². The van der Waals surface area contributed by atoms with Gasteiger partial charge in [0, 0.05) is 19.6 Å². The topological polar surface area (TPSA) is 71.0 Å². The number of nitrogens with zero attached hydrogens (tertiary/aromatic N) is 1. The van der Waals surface area contributed by atoms with Crippen molar-refractivity contribution in [3.63, 3.8) is 0 Å².